The largest absolute Gasteiger partial charge is 0.347 e. The SMILES string of the molecule is Cc1ccsc1C(=O)NC1CCCCCC1N. The fourth-order valence-corrected chi connectivity index (χ4v) is 3.18. The first kappa shape index (κ1) is 12.6. The fourth-order valence-electron chi connectivity index (χ4n) is 2.35. The fraction of sp³-hybridized carbons (Fsp3) is 0.615. The van der Waals surface area contributed by atoms with Crippen molar-refractivity contribution in [3.8, 4) is 0 Å². The summed E-state index contributed by atoms with van der Waals surface area (Å²) < 4.78 is 0. The lowest BCUT2D eigenvalue weighted by molar-refractivity contribution is 0.0932. The standard InChI is InChI=1S/C13H20N2OS/c1-9-7-8-17-12(9)13(16)15-11-6-4-2-3-5-10(11)14/h7-8,10-11H,2-6,14H2,1H3,(H,15,16). The zero-order valence-electron chi connectivity index (χ0n) is 10.2. The second-order valence-electron chi connectivity index (χ2n) is 4.81. The highest BCUT2D eigenvalue weighted by Crippen LogP contribution is 2.19. The summed E-state index contributed by atoms with van der Waals surface area (Å²) in [6.45, 7) is 1.97. The Kier molecular flexibility index (Phi) is 4.18. The van der Waals surface area contributed by atoms with Crippen LogP contribution >= 0.6 is 11.3 Å². The van der Waals surface area contributed by atoms with Gasteiger partial charge in [0.2, 0.25) is 0 Å². The number of carbonyl (C=O) groups excluding carboxylic acids is 1. The first-order valence-corrected chi connectivity index (χ1v) is 7.17. The maximum atomic E-state index is 12.1. The van der Waals surface area contributed by atoms with E-state index >= 15 is 0 Å². The molecule has 0 bridgehead atoms. The molecule has 0 radical (unpaired) electrons. The van der Waals surface area contributed by atoms with Crippen molar-refractivity contribution >= 4 is 17.2 Å². The van der Waals surface area contributed by atoms with E-state index in [1.54, 1.807) is 0 Å². The Morgan fingerprint density at radius 2 is 2.18 bits per heavy atom. The Morgan fingerprint density at radius 3 is 2.88 bits per heavy atom. The Hall–Kier alpha value is -0.870. The van der Waals surface area contributed by atoms with Gasteiger partial charge in [0, 0.05) is 12.1 Å². The van der Waals surface area contributed by atoms with Gasteiger partial charge < -0.3 is 11.1 Å². The molecule has 0 aromatic carbocycles. The van der Waals surface area contributed by atoms with Crippen molar-refractivity contribution in [1.29, 1.82) is 0 Å². The van der Waals surface area contributed by atoms with Gasteiger partial charge in [0.05, 0.1) is 4.88 Å². The number of nitrogens with two attached hydrogens (primary N) is 1. The summed E-state index contributed by atoms with van der Waals surface area (Å²) in [5.74, 6) is 0.0415. The van der Waals surface area contributed by atoms with Crippen LogP contribution in [0.5, 0.6) is 0 Å². The monoisotopic (exact) mass is 252 g/mol. The summed E-state index contributed by atoms with van der Waals surface area (Å²) in [6, 6.07) is 2.24. The van der Waals surface area contributed by atoms with Crippen LogP contribution in [-0.2, 0) is 0 Å². The summed E-state index contributed by atoms with van der Waals surface area (Å²) in [5, 5.41) is 5.05. The van der Waals surface area contributed by atoms with Gasteiger partial charge in [0.15, 0.2) is 0 Å². The van der Waals surface area contributed by atoms with Crippen LogP contribution < -0.4 is 11.1 Å². The Labute approximate surface area is 106 Å². The highest BCUT2D eigenvalue weighted by molar-refractivity contribution is 7.12. The number of nitrogens with one attached hydrogen (secondary N) is 1. The highest BCUT2D eigenvalue weighted by atomic mass is 32.1. The third-order valence-electron chi connectivity index (χ3n) is 3.45. The summed E-state index contributed by atoms with van der Waals surface area (Å²) >= 11 is 1.50. The number of amides is 1. The van der Waals surface area contributed by atoms with Crippen molar-refractivity contribution in [1.82, 2.24) is 5.32 Å². The molecule has 1 saturated carbocycles. The molecule has 3 nitrogen and oxygen atoms in total. The topological polar surface area (TPSA) is 55.1 Å². The summed E-state index contributed by atoms with van der Waals surface area (Å²) in [4.78, 5) is 12.9. The lowest BCUT2D eigenvalue weighted by Gasteiger charge is -2.22. The van der Waals surface area contributed by atoms with E-state index in [4.69, 9.17) is 5.73 Å². The van der Waals surface area contributed by atoms with Crippen LogP contribution in [0, 0.1) is 6.92 Å². The lowest BCUT2D eigenvalue weighted by atomic mass is 10.0. The van der Waals surface area contributed by atoms with E-state index < -0.39 is 0 Å². The molecule has 3 N–H and O–H groups in total. The first-order valence-electron chi connectivity index (χ1n) is 6.29. The van der Waals surface area contributed by atoms with E-state index in [9.17, 15) is 4.79 Å². The van der Waals surface area contributed by atoms with Crippen molar-refractivity contribution in [3.05, 3.63) is 21.9 Å². The van der Waals surface area contributed by atoms with Crippen LogP contribution in [0.2, 0.25) is 0 Å². The highest BCUT2D eigenvalue weighted by Gasteiger charge is 2.23. The Balaban J connectivity index is 2.00. The van der Waals surface area contributed by atoms with Crippen molar-refractivity contribution in [3.63, 3.8) is 0 Å². The molecule has 1 fully saturated rings. The van der Waals surface area contributed by atoms with E-state index in [1.807, 2.05) is 18.4 Å². The van der Waals surface area contributed by atoms with E-state index in [0.29, 0.717) is 0 Å². The molecule has 1 aliphatic rings. The molecule has 4 heteroatoms. The van der Waals surface area contributed by atoms with Crippen LogP contribution in [0.1, 0.15) is 47.3 Å². The number of hydrogen-bond donors (Lipinski definition) is 2. The van der Waals surface area contributed by atoms with Gasteiger partial charge in [-0.1, -0.05) is 19.3 Å². The smallest absolute Gasteiger partial charge is 0.261 e. The summed E-state index contributed by atoms with van der Waals surface area (Å²) in [7, 11) is 0. The molecule has 2 atom stereocenters. The maximum absolute atomic E-state index is 12.1. The van der Waals surface area contributed by atoms with Gasteiger partial charge in [-0.3, -0.25) is 4.79 Å². The number of carbonyl (C=O) groups is 1. The molecule has 94 valence electrons. The van der Waals surface area contributed by atoms with E-state index in [-0.39, 0.29) is 18.0 Å². The zero-order valence-corrected chi connectivity index (χ0v) is 11.1. The first-order chi connectivity index (χ1) is 8.18. The van der Waals surface area contributed by atoms with Gasteiger partial charge in [-0.25, -0.2) is 0 Å². The Morgan fingerprint density at radius 1 is 1.41 bits per heavy atom. The second-order valence-corrected chi connectivity index (χ2v) is 5.73. The average molecular weight is 252 g/mol. The molecule has 1 aromatic heterocycles. The van der Waals surface area contributed by atoms with Gasteiger partial charge >= 0.3 is 0 Å². The Bertz CT molecular complexity index is 389. The van der Waals surface area contributed by atoms with Gasteiger partial charge in [-0.15, -0.1) is 11.3 Å². The molecule has 1 aliphatic carbocycles. The predicted molar refractivity (Wildman–Crippen MR) is 71.4 cm³/mol. The van der Waals surface area contributed by atoms with Crippen LogP contribution in [0.25, 0.3) is 0 Å². The third-order valence-corrected chi connectivity index (χ3v) is 4.47. The van der Waals surface area contributed by atoms with Crippen molar-refractivity contribution < 1.29 is 4.79 Å². The van der Waals surface area contributed by atoms with E-state index in [0.717, 1.165) is 23.3 Å². The zero-order chi connectivity index (χ0) is 12.3. The number of rotatable bonds is 2. The van der Waals surface area contributed by atoms with Crippen LogP contribution in [0.3, 0.4) is 0 Å². The summed E-state index contributed by atoms with van der Waals surface area (Å²) in [6.07, 6.45) is 5.62. The second kappa shape index (κ2) is 5.65. The number of aryl methyl sites for hydroxylation is 1. The van der Waals surface area contributed by atoms with Gasteiger partial charge in [-0.2, -0.15) is 0 Å². The van der Waals surface area contributed by atoms with Gasteiger partial charge in [-0.05, 0) is 36.8 Å². The molecule has 0 saturated heterocycles. The summed E-state index contributed by atoms with van der Waals surface area (Å²) in [5.41, 5.74) is 7.16. The molecule has 0 spiro atoms. The number of hydrogen-bond acceptors (Lipinski definition) is 3. The van der Waals surface area contributed by atoms with E-state index in [1.165, 1.54) is 30.6 Å². The molecule has 17 heavy (non-hydrogen) atoms. The molecule has 2 unspecified atom stereocenters. The van der Waals surface area contributed by atoms with Crippen molar-refractivity contribution in [2.75, 3.05) is 0 Å². The molecule has 2 rings (SSSR count). The molecule has 1 aromatic rings. The third kappa shape index (κ3) is 3.07. The molecule has 0 aliphatic heterocycles. The van der Waals surface area contributed by atoms with Crippen molar-refractivity contribution in [2.45, 2.75) is 51.1 Å². The van der Waals surface area contributed by atoms with Gasteiger partial charge in [0.25, 0.3) is 5.91 Å². The normalized spacial score (nSPS) is 25.3. The molecular weight excluding hydrogens is 232 g/mol. The van der Waals surface area contributed by atoms with Gasteiger partial charge in [0.1, 0.15) is 0 Å². The minimum absolute atomic E-state index is 0.0415. The molecular formula is C13H20N2OS. The lowest BCUT2D eigenvalue weighted by Crippen LogP contribution is -2.46. The molecule has 1 heterocycles. The minimum Gasteiger partial charge on any atom is -0.347 e. The van der Waals surface area contributed by atoms with Crippen LogP contribution in [0.4, 0.5) is 0 Å². The number of thiophene rings is 1. The average Bonchev–Trinajstić information content (AvgIpc) is 2.63. The quantitative estimate of drug-likeness (QED) is 0.794. The van der Waals surface area contributed by atoms with Crippen LogP contribution in [-0.4, -0.2) is 18.0 Å². The van der Waals surface area contributed by atoms with Crippen LogP contribution in [0.15, 0.2) is 11.4 Å². The van der Waals surface area contributed by atoms with Crippen molar-refractivity contribution in [2.24, 2.45) is 5.73 Å². The van der Waals surface area contributed by atoms with E-state index in [2.05, 4.69) is 5.32 Å². The maximum Gasteiger partial charge on any atom is 0.261 e. The predicted octanol–water partition coefficient (Wildman–Crippen LogP) is 2.45. The minimum atomic E-state index is 0.0415. The molecule has 1 amide bonds.